The van der Waals surface area contributed by atoms with Crippen molar-refractivity contribution in [3.8, 4) is 11.5 Å². The molecule has 1 N–H and O–H groups in total. The molecule has 0 bridgehead atoms. The topological polar surface area (TPSA) is 90.1 Å². The van der Waals surface area contributed by atoms with E-state index in [-0.39, 0.29) is 17.9 Å². The molecular weight excluding hydrogens is 488 g/mol. The Hall–Kier alpha value is -4.17. The van der Waals surface area contributed by atoms with Crippen molar-refractivity contribution in [3.63, 3.8) is 0 Å². The maximum atomic E-state index is 13.9. The summed E-state index contributed by atoms with van der Waals surface area (Å²) in [6.07, 6.45) is 1.75. The molecule has 8 heteroatoms. The lowest BCUT2D eigenvalue weighted by atomic mass is 9.91. The van der Waals surface area contributed by atoms with Gasteiger partial charge in [-0.3, -0.25) is 9.36 Å². The van der Waals surface area contributed by atoms with Crippen molar-refractivity contribution in [2.24, 2.45) is 4.99 Å². The van der Waals surface area contributed by atoms with Gasteiger partial charge in [0.25, 0.3) is 5.56 Å². The average molecular weight is 515 g/mol. The number of rotatable bonds is 6. The molecule has 0 aliphatic carbocycles. The summed E-state index contributed by atoms with van der Waals surface area (Å²) in [5.41, 5.74) is 2.14. The van der Waals surface area contributed by atoms with E-state index >= 15 is 0 Å². The molecule has 7 nitrogen and oxygen atoms in total. The molecule has 0 amide bonds. The van der Waals surface area contributed by atoms with E-state index in [4.69, 9.17) is 9.47 Å². The summed E-state index contributed by atoms with van der Waals surface area (Å²) in [5.74, 6) is -0.111. The fourth-order valence-corrected chi connectivity index (χ4v) is 5.66. The van der Waals surface area contributed by atoms with Crippen LogP contribution in [0, 0.1) is 0 Å². The number of hydrogen-bond donors (Lipinski definition) is 1. The van der Waals surface area contributed by atoms with Gasteiger partial charge < -0.3 is 14.6 Å². The van der Waals surface area contributed by atoms with Crippen LogP contribution in [0.25, 0.3) is 16.8 Å². The van der Waals surface area contributed by atoms with Gasteiger partial charge in [0.15, 0.2) is 16.3 Å². The highest BCUT2D eigenvalue weighted by Gasteiger charge is 2.34. The third-order valence-electron chi connectivity index (χ3n) is 6.22. The number of fused-ring (bicyclic) bond motifs is 2. The maximum Gasteiger partial charge on any atom is 0.338 e. The summed E-state index contributed by atoms with van der Waals surface area (Å²) in [5, 5.41) is 12.0. The van der Waals surface area contributed by atoms with Crippen molar-refractivity contribution in [2.75, 3.05) is 13.2 Å². The minimum absolute atomic E-state index is 0.0334. The van der Waals surface area contributed by atoms with Crippen LogP contribution in [0.5, 0.6) is 11.5 Å². The summed E-state index contributed by atoms with van der Waals surface area (Å²) in [6, 6.07) is 18.0. The molecule has 1 aliphatic heterocycles. The molecule has 0 saturated carbocycles. The Morgan fingerprint density at radius 3 is 2.68 bits per heavy atom. The van der Waals surface area contributed by atoms with Gasteiger partial charge in [0.05, 0.1) is 35.1 Å². The van der Waals surface area contributed by atoms with Crippen molar-refractivity contribution in [3.05, 3.63) is 103 Å². The highest BCUT2D eigenvalue weighted by Crippen LogP contribution is 2.35. The van der Waals surface area contributed by atoms with E-state index in [9.17, 15) is 14.7 Å². The molecule has 0 fully saturated rings. The molecule has 1 atom stereocenters. The molecule has 3 aromatic carbocycles. The lowest BCUT2D eigenvalue weighted by molar-refractivity contribution is -0.139. The van der Waals surface area contributed by atoms with Crippen LogP contribution >= 0.6 is 11.3 Å². The first-order chi connectivity index (χ1) is 17.9. The van der Waals surface area contributed by atoms with Gasteiger partial charge in [-0.05, 0) is 60.9 Å². The first kappa shape index (κ1) is 24.5. The van der Waals surface area contributed by atoms with Crippen molar-refractivity contribution in [1.82, 2.24) is 4.57 Å². The van der Waals surface area contributed by atoms with E-state index in [2.05, 4.69) is 4.99 Å². The third kappa shape index (κ3) is 4.44. The van der Waals surface area contributed by atoms with Crippen LogP contribution in [-0.4, -0.2) is 28.9 Å². The molecule has 0 radical (unpaired) electrons. The predicted octanol–water partition coefficient (Wildman–Crippen LogP) is 4.06. The van der Waals surface area contributed by atoms with E-state index < -0.39 is 12.0 Å². The second-order valence-electron chi connectivity index (χ2n) is 8.53. The zero-order valence-electron chi connectivity index (χ0n) is 20.7. The van der Waals surface area contributed by atoms with Crippen molar-refractivity contribution in [1.29, 1.82) is 0 Å². The molecule has 1 unspecified atom stereocenters. The number of hydrogen-bond acceptors (Lipinski definition) is 7. The lowest BCUT2D eigenvalue weighted by Crippen LogP contribution is -2.40. The first-order valence-electron chi connectivity index (χ1n) is 12.1. The van der Waals surface area contributed by atoms with E-state index in [1.165, 1.54) is 17.4 Å². The number of aromatic nitrogens is 1. The highest BCUT2D eigenvalue weighted by atomic mass is 32.1. The van der Waals surface area contributed by atoms with Gasteiger partial charge >= 0.3 is 5.97 Å². The second kappa shape index (κ2) is 10.1. The summed E-state index contributed by atoms with van der Waals surface area (Å²) in [6.45, 7) is 5.98. The second-order valence-corrected chi connectivity index (χ2v) is 9.54. The highest BCUT2D eigenvalue weighted by molar-refractivity contribution is 7.07. The Bertz CT molecular complexity index is 1730. The maximum absolute atomic E-state index is 13.9. The monoisotopic (exact) mass is 514 g/mol. The summed E-state index contributed by atoms with van der Waals surface area (Å²) < 4.78 is 12.9. The summed E-state index contributed by atoms with van der Waals surface area (Å²) in [4.78, 5) is 32.2. The third-order valence-corrected chi connectivity index (χ3v) is 7.20. The molecule has 37 heavy (non-hydrogen) atoms. The molecule has 0 spiro atoms. The van der Waals surface area contributed by atoms with Gasteiger partial charge in [-0.2, -0.15) is 0 Å². The molecular formula is C29H26N2O5S. The van der Waals surface area contributed by atoms with Crippen molar-refractivity contribution < 1.29 is 19.4 Å². The Morgan fingerprint density at radius 1 is 1.11 bits per heavy atom. The van der Waals surface area contributed by atoms with E-state index in [1.54, 1.807) is 36.6 Å². The molecule has 1 aromatic heterocycles. The average Bonchev–Trinajstić information content (AvgIpc) is 3.19. The van der Waals surface area contributed by atoms with E-state index in [0.717, 1.165) is 16.3 Å². The molecule has 4 aromatic rings. The fraction of sp³-hybridized carbons (Fsp3) is 0.207. The van der Waals surface area contributed by atoms with Gasteiger partial charge in [0.2, 0.25) is 0 Å². The molecule has 188 valence electrons. The number of benzene rings is 3. The van der Waals surface area contributed by atoms with Gasteiger partial charge in [-0.1, -0.05) is 59.9 Å². The number of carbonyl (C=O) groups is 1. The summed E-state index contributed by atoms with van der Waals surface area (Å²) >= 11 is 1.25. The van der Waals surface area contributed by atoms with Gasteiger partial charge in [-0.15, -0.1) is 0 Å². The van der Waals surface area contributed by atoms with Crippen LogP contribution in [-0.2, 0) is 9.53 Å². The quantitative estimate of drug-likeness (QED) is 0.392. The molecule has 5 rings (SSSR count). The number of allylic oxidation sites excluding steroid dienone is 1. The Balaban J connectivity index is 1.76. The Kier molecular flexibility index (Phi) is 6.67. The Morgan fingerprint density at radius 2 is 1.89 bits per heavy atom. The number of phenols is 1. The number of nitrogens with zero attached hydrogens (tertiary/aromatic N) is 2. The number of aromatic hydroxyl groups is 1. The molecule has 0 saturated heterocycles. The largest absolute Gasteiger partial charge is 0.504 e. The normalized spacial score (nSPS) is 15.4. The number of ether oxygens (including phenoxy) is 2. The molecule has 1 aliphatic rings. The lowest BCUT2D eigenvalue weighted by Gasteiger charge is -2.25. The number of thiazole rings is 1. The van der Waals surface area contributed by atoms with Gasteiger partial charge in [0, 0.05) is 0 Å². The zero-order valence-corrected chi connectivity index (χ0v) is 21.5. The van der Waals surface area contributed by atoms with Crippen LogP contribution < -0.4 is 19.6 Å². The predicted molar refractivity (Wildman–Crippen MR) is 144 cm³/mol. The van der Waals surface area contributed by atoms with Crippen LogP contribution in [0.3, 0.4) is 0 Å². The number of esters is 1. The van der Waals surface area contributed by atoms with E-state index in [0.29, 0.717) is 38.5 Å². The summed E-state index contributed by atoms with van der Waals surface area (Å²) in [7, 11) is 0. The van der Waals surface area contributed by atoms with Crippen LogP contribution in [0.2, 0.25) is 0 Å². The fourth-order valence-electron chi connectivity index (χ4n) is 4.62. The minimum atomic E-state index is -0.692. The molecule has 2 heterocycles. The van der Waals surface area contributed by atoms with Crippen molar-refractivity contribution in [2.45, 2.75) is 26.8 Å². The van der Waals surface area contributed by atoms with E-state index in [1.807, 2.05) is 49.4 Å². The smallest absolute Gasteiger partial charge is 0.338 e. The standard InChI is InChI=1S/C29H26N2O5S/c1-4-35-23-15-18(13-14-22(23)32)16-24-27(33)31-26(21-12-8-10-19-9-6-7-11-20(19)21)25(28(34)36-5-2)17(3)30-29(31)37-24/h6-16,26,32H,4-5H2,1-3H3. The zero-order chi connectivity index (χ0) is 26.1. The number of phenolic OH excluding ortho intramolecular Hbond substituents is 1. The van der Waals surface area contributed by atoms with Gasteiger partial charge in [-0.25, -0.2) is 9.79 Å². The first-order valence-corrected chi connectivity index (χ1v) is 12.9. The minimum Gasteiger partial charge on any atom is -0.504 e. The number of carbonyl (C=O) groups excluding carboxylic acids is 1. The van der Waals surface area contributed by atoms with Crippen LogP contribution in [0.1, 0.15) is 37.9 Å². The van der Waals surface area contributed by atoms with Crippen LogP contribution in [0.4, 0.5) is 0 Å². The van der Waals surface area contributed by atoms with Gasteiger partial charge in [0.1, 0.15) is 0 Å². The Labute approximate surface area is 217 Å². The SMILES string of the molecule is CCOC(=O)C1=C(C)N=c2sc(=Cc3ccc(O)c(OCC)c3)c(=O)n2C1c1cccc2ccccc12. The van der Waals surface area contributed by atoms with Crippen molar-refractivity contribution >= 4 is 34.2 Å². The van der Waals surface area contributed by atoms with Crippen LogP contribution in [0.15, 0.2) is 81.7 Å².